The Hall–Kier alpha value is -1.17. The molecule has 1 fully saturated rings. The molecule has 1 aromatic heterocycles. The number of carbonyl (C=O) groups is 1. The number of rotatable bonds is 3. The van der Waals surface area contributed by atoms with E-state index in [1.54, 1.807) is 0 Å². The summed E-state index contributed by atoms with van der Waals surface area (Å²) in [5, 5.41) is 2.86. The third-order valence-electron chi connectivity index (χ3n) is 2.84. The van der Waals surface area contributed by atoms with Crippen molar-refractivity contribution in [3.63, 3.8) is 0 Å². The van der Waals surface area contributed by atoms with Gasteiger partial charge in [-0.2, -0.15) is 0 Å². The molecule has 0 spiro atoms. The Morgan fingerprint density at radius 2 is 2.28 bits per heavy atom. The van der Waals surface area contributed by atoms with Crippen LogP contribution in [-0.4, -0.2) is 35.5 Å². The van der Waals surface area contributed by atoms with Crippen LogP contribution < -0.4 is 10.2 Å². The van der Waals surface area contributed by atoms with Gasteiger partial charge in [0.2, 0.25) is 5.91 Å². The minimum Gasteiger partial charge on any atom is -0.354 e. The fourth-order valence-electron chi connectivity index (χ4n) is 1.95. The minimum atomic E-state index is 0.111. The first-order valence-electron chi connectivity index (χ1n) is 6.24. The molecule has 98 valence electrons. The zero-order valence-electron chi connectivity index (χ0n) is 10.4. The Balaban J connectivity index is 2.18. The smallest absolute Gasteiger partial charge is 0.221 e. The predicted octanol–water partition coefficient (Wildman–Crippen LogP) is 1.52. The monoisotopic (exact) mass is 312 g/mol. The summed E-state index contributed by atoms with van der Waals surface area (Å²) in [5.74, 6) is 1.86. The normalized spacial score (nSPS) is 16.3. The van der Waals surface area contributed by atoms with Crippen LogP contribution in [0.4, 0.5) is 5.82 Å². The van der Waals surface area contributed by atoms with E-state index in [9.17, 15) is 4.79 Å². The summed E-state index contributed by atoms with van der Waals surface area (Å²) in [7, 11) is 0. The molecule has 0 atom stereocenters. The van der Waals surface area contributed by atoms with Crippen molar-refractivity contribution in [1.82, 2.24) is 15.3 Å². The van der Waals surface area contributed by atoms with Crippen LogP contribution in [0.3, 0.4) is 0 Å². The summed E-state index contributed by atoms with van der Waals surface area (Å²) in [4.78, 5) is 22.4. The Morgan fingerprint density at radius 3 is 3.06 bits per heavy atom. The minimum absolute atomic E-state index is 0.111. The van der Waals surface area contributed by atoms with Gasteiger partial charge in [0.15, 0.2) is 0 Å². The van der Waals surface area contributed by atoms with Crippen molar-refractivity contribution >= 4 is 27.7 Å². The molecular formula is C12H17BrN4O. The van der Waals surface area contributed by atoms with Gasteiger partial charge in [0, 0.05) is 38.5 Å². The van der Waals surface area contributed by atoms with Gasteiger partial charge in [-0.05, 0) is 22.4 Å². The number of carbonyl (C=O) groups excluding carboxylic acids is 1. The molecule has 0 unspecified atom stereocenters. The van der Waals surface area contributed by atoms with E-state index in [0.717, 1.165) is 35.6 Å². The summed E-state index contributed by atoms with van der Waals surface area (Å²) >= 11 is 3.42. The Bertz CT molecular complexity index is 438. The number of aromatic nitrogens is 2. The lowest BCUT2D eigenvalue weighted by Crippen LogP contribution is -2.29. The summed E-state index contributed by atoms with van der Waals surface area (Å²) in [6.45, 7) is 4.28. The first kappa shape index (κ1) is 13.3. The largest absolute Gasteiger partial charge is 0.354 e. The Labute approximate surface area is 115 Å². The molecule has 18 heavy (non-hydrogen) atoms. The molecule has 5 nitrogen and oxygen atoms in total. The summed E-state index contributed by atoms with van der Waals surface area (Å²) in [6.07, 6.45) is 2.41. The number of nitrogens with one attached hydrogen (secondary N) is 1. The highest BCUT2D eigenvalue weighted by molar-refractivity contribution is 9.10. The van der Waals surface area contributed by atoms with Crippen molar-refractivity contribution in [2.45, 2.75) is 26.2 Å². The van der Waals surface area contributed by atoms with E-state index < -0.39 is 0 Å². The molecule has 1 saturated heterocycles. The lowest BCUT2D eigenvalue weighted by atomic mass is 10.3. The van der Waals surface area contributed by atoms with Crippen LogP contribution in [0.5, 0.6) is 0 Å². The van der Waals surface area contributed by atoms with Gasteiger partial charge in [-0.1, -0.05) is 6.92 Å². The lowest BCUT2D eigenvalue weighted by Gasteiger charge is -2.21. The molecule has 1 aliphatic rings. The van der Waals surface area contributed by atoms with Gasteiger partial charge >= 0.3 is 0 Å². The number of hydrogen-bond donors (Lipinski definition) is 1. The summed E-state index contributed by atoms with van der Waals surface area (Å²) in [5.41, 5.74) is 0. The maximum absolute atomic E-state index is 11.3. The van der Waals surface area contributed by atoms with Gasteiger partial charge < -0.3 is 10.2 Å². The molecule has 1 aliphatic heterocycles. The molecule has 0 bridgehead atoms. The predicted molar refractivity (Wildman–Crippen MR) is 73.6 cm³/mol. The number of halogens is 1. The van der Waals surface area contributed by atoms with Gasteiger partial charge in [0.05, 0.1) is 0 Å². The van der Waals surface area contributed by atoms with Crippen LogP contribution in [0.1, 0.15) is 25.6 Å². The van der Waals surface area contributed by atoms with E-state index in [1.165, 1.54) is 0 Å². The number of aryl methyl sites for hydroxylation is 1. The maximum atomic E-state index is 11.3. The maximum Gasteiger partial charge on any atom is 0.221 e. The molecule has 0 aromatic carbocycles. The SMILES string of the molecule is CCCc1nc(Br)cc(N2CCNC(=O)CC2)n1. The molecule has 0 saturated carbocycles. The second kappa shape index (κ2) is 6.13. The van der Waals surface area contributed by atoms with Crippen molar-refractivity contribution in [2.75, 3.05) is 24.5 Å². The van der Waals surface area contributed by atoms with Gasteiger partial charge in [0.25, 0.3) is 0 Å². The molecule has 6 heteroatoms. The van der Waals surface area contributed by atoms with Crippen molar-refractivity contribution in [3.8, 4) is 0 Å². The molecule has 2 heterocycles. The van der Waals surface area contributed by atoms with E-state index in [0.29, 0.717) is 19.5 Å². The van der Waals surface area contributed by atoms with Crippen LogP contribution in [0.15, 0.2) is 10.7 Å². The van der Waals surface area contributed by atoms with Crippen molar-refractivity contribution < 1.29 is 4.79 Å². The Kier molecular flexibility index (Phi) is 4.52. The third-order valence-corrected chi connectivity index (χ3v) is 3.24. The van der Waals surface area contributed by atoms with Crippen LogP contribution in [0.25, 0.3) is 0 Å². The average molecular weight is 313 g/mol. The standard InChI is InChI=1S/C12H17BrN4O/c1-2-3-10-15-9(13)8-11(16-10)17-6-4-12(18)14-5-7-17/h8H,2-7H2,1H3,(H,14,18). The zero-order chi connectivity index (χ0) is 13.0. The average Bonchev–Trinajstić information content (AvgIpc) is 2.54. The first-order chi connectivity index (χ1) is 8.69. The first-order valence-corrected chi connectivity index (χ1v) is 7.03. The van der Waals surface area contributed by atoms with Gasteiger partial charge in [-0.25, -0.2) is 9.97 Å². The lowest BCUT2D eigenvalue weighted by molar-refractivity contribution is -0.120. The molecule has 1 N–H and O–H groups in total. The van der Waals surface area contributed by atoms with Gasteiger partial charge in [-0.15, -0.1) is 0 Å². The number of nitrogens with zero attached hydrogens (tertiary/aromatic N) is 3. The molecule has 0 radical (unpaired) electrons. The van der Waals surface area contributed by atoms with Crippen LogP contribution in [0, 0.1) is 0 Å². The molecule has 1 aromatic rings. The highest BCUT2D eigenvalue weighted by Crippen LogP contribution is 2.18. The van der Waals surface area contributed by atoms with Crippen LogP contribution >= 0.6 is 15.9 Å². The van der Waals surface area contributed by atoms with E-state index in [4.69, 9.17) is 0 Å². The van der Waals surface area contributed by atoms with E-state index in [-0.39, 0.29) is 5.91 Å². The highest BCUT2D eigenvalue weighted by Gasteiger charge is 2.16. The Morgan fingerprint density at radius 1 is 1.44 bits per heavy atom. The van der Waals surface area contributed by atoms with Gasteiger partial charge in [0.1, 0.15) is 16.2 Å². The zero-order valence-corrected chi connectivity index (χ0v) is 12.0. The van der Waals surface area contributed by atoms with Crippen molar-refractivity contribution in [2.24, 2.45) is 0 Å². The third kappa shape index (κ3) is 3.41. The molecule has 1 amide bonds. The molecule has 2 rings (SSSR count). The fraction of sp³-hybridized carbons (Fsp3) is 0.583. The van der Waals surface area contributed by atoms with Crippen LogP contribution in [-0.2, 0) is 11.2 Å². The van der Waals surface area contributed by atoms with E-state index in [2.05, 4.69) is 43.0 Å². The van der Waals surface area contributed by atoms with Gasteiger partial charge in [-0.3, -0.25) is 4.79 Å². The number of anilines is 1. The second-order valence-electron chi connectivity index (χ2n) is 4.30. The van der Waals surface area contributed by atoms with E-state index in [1.807, 2.05) is 6.07 Å². The summed E-state index contributed by atoms with van der Waals surface area (Å²) < 4.78 is 0.805. The topological polar surface area (TPSA) is 58.1 Å². The second-order valence-corrected chi connectivity index (χ2v) is 5.11. The summed E-state index contributed by atoms with van der Waals surface area (Å²) in [6, 6.07) is 1.91. The quantitative estimate of drug-likeness (QED) is 0.860. The number of hydrogen-bond acceptors (Lipinski definition) is 4. The fourth-order valence-corrected chi connectivity index (χ4v) is 2.35. The molecule has 0 aliphatic carbocycles. The molecular weight excluding hydrogens is 296 g/mol. The van der Waals surface area contributed by atoms with E-state index >= 15 is 0 Å². The highest BCUT2D eigenvalue weighted by atomic mass is 79.9. The van der Waals surface area contributed by atoms with Crippen LogP contribution in [0.2, 0.25) is 0 Å². The van der Waals surface area contributed by atoms with Crippen molar-refractivity contribution in [1.29, 1.82) is 0 Å². The number of amides is 1. The van der Waals surface area contributed by atoms with Crippen molar-refractivity contribution in [3.05, 3.63) is 16.5 Å².